The number of rotatable bonds is 10. The zero-order valence-corrected chi connectivity index (χ0v) is 25.0. The van der Waals surface area contributed by atoms with Gasteiger partial charge in [0, 0.05) is 9.75 Å². The quantitative estimate of drug-likeness (QED) is 0.166. The van der Waals surface area contributed by atoms with E-state index in [9.17, 15) is 10.2 Å². The van der Waals surface area contributed by atoms with Gasteiger partial charge in [0.2, 0.25) is 0 Å². The minimum Gasteiger partial charge on any atom is -0.491 e. The molecule has 0 saturated carbocycles. The van der Waals surface area contributed by atoms with E-state index in [0.717, 1.165) is 22.6 Å². The van der Waals surface area contributed by atoms with Crippen molar-refractivity contribution in [2.45, 2.75) is 5.41 Å². The van der Waals surface area contributed by atoms with E-state index < -0.39 is 5.41 Å². The lowest BCUT2D eigenvalue weighted by molar-refractivity contribution is 0.201. The third kappa shape index (κ3) is 4.86. The molecule has 0 atom stereocenters. The predicted molar refractivity (Wildman–Crippen MR) is 176 cm³/mol. The van der Waals surface area contributed by atoms with Crippen LogP contribution >= 0.6 is 22.7 Å². The normalized spacial score (nSPS) is 13.0. The Bertz CT molecular complexity index is 1690. The van der Waals surface area contributed by atoms with E-state index in [4.69, 9.17) is 9.47 Å². The molecule has 0 spiro atoms. The zero-order valence-electron chi connectivity index (χ0n) is 23.4. The van der Waals surface area contributed by atoms with Crippen molar-refractivity contribution >= 4 is 22.7 Å². The van der Waals surface area contributed by atoms with Crippen molar-refractivity contribution in [3.8, 4) is 43.5 Å². The summed E-state index contributed by atoms with van der Waals surface area (Å²) in [7, 11) is 0. The molecule has 0 bridgehead atoms. The summed E-state index contributed by atoms with van der Waals surface area (Å²) >= 11 is 3.50. The van der Waals surface area contributed by atoms with Crippen LogP contribution in [0.15, 0.2) is 120 Å². The largest absolute Gasteiger partial charge is 0.491 e. The second-order valence-corrected chi connectivity index (χ2v) is 12.3. The van der Waals surface area contributed by atoms with E-state index in [2.05, 4.69) is 95.7 Å². The van der Waals surface area contributed by atoms with E-state index in [1.54, 1.807) is 22.7 Å². The molecule has 1 aliphatic carbocycles. The Balaban J connectivity index is 1.49. The first-order valence-electron chi connectivity index (χ1n) is 14.3. The SMILES string of the molecule is OCCOc1ccc(C2(c3ccc(OCCO)cc3)c3ccc(-c4cccs4)cc3-c3cc(-c4cccs4)ccc32)cc1. The molecule has 6 aromatic rings. The molecule has 214 valence electrons. The van der Waals surface area contributed by atoms with E-state index >= 15 is 0 Å². The van der Waals surface area contributed by atoms with Crippen LogP contribution in [-0.2, 0) is 5.41 Å². The maximum absolute atomic E-state index is 9.27. The monoisotopic (exact) mass is 602 g/mol. The van der Waals surface area contributed by atoms with Crippen molar-refractivity contribution in [3.63, 3.8) is 0 Å². The van der Waals surface area contributed by atoms with Gasteiger partial charge in [-0.25, -0.2) is 0 Å². The highest BCUT2D eigenvalue weighted by atomic mass is 32.1. The third-order valence-electron chi connectivity index (χ3n) is 8.04. The summed E-state index contributed by atoms with van der Waals surface area (Å²) < 4.78 is 11.5. The zero-order chi connectivity index (χ0) is 29.2. The summed E-state index contributed by atoms with van der Waals surface area (Å²) in [6.45, 7) is 0.442. The van der Waals surface area contributed by atoms with Crippen molar-refractivity contribution in [1.29, 1.82) is 0 Å². The summed E-state index contributed by atoms with van der Waals surface area (Å²) in [6, 6.07) is 38.8. The fraction of sp³-hybridized carbons (Fsp3) is 0.135. The molecule has 0 saturated heterocycles. The van der Waals surface area contributed by atoms with E-state index in [1.165, 1.54) is 43.1 Å². The molecule has 1 aliphatic rings. The molecular weight excluding hydrogens is 573 g/mol. The van der Waals surface area contributed by atoms with Gasteiger partial charge in [0.1, 0.15) is 24.7 Å². The summed E-state index contributed by atoms with van der Waals surface area (Å²) in [4.78, 5) is 2.49. The average molecular weight is 603 g/mol. The van der Waals surface area contributed by atoms with Crippen LogP contribution in [-0.4, -0.2) is 36.6 Å². The maximum atomic E-state index is 9.27. The number of fused-ring (bicyclic) bond motifs is 3. The summed E-state index contributed by atoms with van der Waals surface area (Å²) in [6.07, 6.45) is 0. The van der Waals surface area contributed by atoms with Gasteiger partial charge in [-0.3, -0.25) is 0 Å². The predicted octanol–water partition coefficient (Wildman–Crippen LogP) is 8.25. The lowest BCUT2D eigenvalue weighted by Gasteiger charge is -2.34. The van der Waals surface area contributed by atoms with Crippen LogP contribution < -0.4 is 9.47 Å². The van der Waals surface area contributed by atoms with Crippen LogP contribution in [0.5, 0.6) is 11.5 Å². The van der Waals surface area contributed by atoms with Gasteiger partial charge >= 0.3 is 0 Å². The Morgan fingerprint density at radius 2 is 0.977 bits per heavy atom. The van der Waals surface area contributed by atoms with Crippen molar-refractivity contribution in [3.05, 3.63) is 142 Å². The summed E-state index contributed by atoms with van der Waals surface area (Å²) in [5, 5.41) is 22.8. The Kier molecular flexibility index (Phi) is 7.59. The number of hydrogen-bond donors (Lipinski definition) is 2. The highest BCUT2D eigenvalue weighted by Crippen LogP contribution is 2.57. The molecule has 4 aromatic carbocycles. The lowest BCUT2D eigenvalue weighted by Crippen LogP contribution is -2.28. The van der Waals surface area contributed by atoms with Crippen LogP contribution in [0, 0.1) is 0 Å². The Morgan fingerprint density at radius 1 is 0.535 bits per heavy atom. The smallest absolute Gasteiger partial charge is 0.119 e. The third-order valence-corrected chi connectivity index (χ3v) is 9.88. The molecule has 2 heterocycles. The fourth-order valence-corrected chi connectivity index (χ4v) is 7.69. The number of thiophene rings is 2. The number of ether oxygens (including phenoxy) is 2. The first-order valence-corrected chi connectivity index (χ1v) is 16.0. The number of aliphatic hydroxyl groups excluding tert-OH is 2. The molecule has 7 rings (SSSR count). The van der Waals surface area contributed by atoms with Gasteiger partial charge in [-0.1, -0.05) is 60.7 Å². The van der Waals surface area contributed by atoms with Gasteiger partial charge in [-0.15, -0.1) is 22.7 Å². The number of benzene rings is 4. The van der Waals surface area contributed by atoms with Gasteiger partial charge in [0.25, 0.3) is 0 Å². The van der Waals surface area contributed by atoms with Crippen molar-refractivity contribution in [2.24, 2.45) is 0 Å². The molecule has 0 amide bonds. The highest BCUT2D eigenvalue weighted by molar-refractivity contribution is 7.13. The van der Waals surface area contributed by atoms with Gasteiger partial charge in [-0.05, 0) is 104 Å². The van der Waals surface area contributed by atoms with Crippen molar-refractivity contribution < 1.29 is 19.7 Å². The topological polar surface area (TPSA) is 58.9 Å². The molecular formula is C37H30O4S2. The fourth-order valence-electron chi connectivity index (χ4n) is 6.24. The van der Waals surface area contributed by atoms with Crippen LogP contribution in [0.25, 0.3) is 32.0 Å². The van der Waals surface area contributed by atoms with Crippen molar-refractivity contribution in [1.82, 2.24) is 0 Å². The second-order valence-electron chi connectivity index (χ2n) is 10.4. The standard InChI is InChI=1S/C37H30O4S2/c38-17-19-40-29-11-7-27(8-12-29)37(28-9-13-30(14-10-28)41-20-18-39)33-15-5-25(35-3-1-21-42-35)23-31(33)32-24-26(6-16-34(32)37)36-4-2-22-43-36/h1-16,21-24,38-39H,17-20H2. The number of hydrogen-bond acceptors (Lipinski definition) is 6. The van der Waals surface area contributed by atoms with E-state index in [0.29, 0.717) is 0 Å². The molecule has 6 heteroatoms. The number of aliphatic hydroxyl groups is 2. The molecule has 0 radical (unpaired) electrons. The highest BCUT2D eigenvalue weighted by Gasteiger charge is 2.46. The molecule has 2 aromatic heterocycles. The molecule has 43 heavy (non-hydrogen) atoms. The Morgan fingerprint density at radius 3 is 1.35 bits per heavy atom. The molecule has 0 unspecified atom stereocenters. The second kappa shape index (κ2) is 11.8. The first kappa shape index (κ1) is 27.6. The van der Waals surface area contributed by atoms with Crippen LogP contribution in [0.3, 0.4) is 0 Å². The van der Waals surface area contributed by atoms with Gasteiger partial charge < -0.3 is 19.7 Å². The molecule has 2 N–H and O–H groups in total. The van der Waals surface area contributed by atoms with E-state index in [1.807, 2.05) is 24.3 Å². The van der Waals surface area contributed by atoms with Crippen molar-refractivity contribution in [2.75, 3.05) is 26.4 Å². The van der Waals surface area contributed by atoms with Gasteiger partial charge in [-0.2, -0.15) is 0 Å². The minimum atomic E-state index is -0.586. The minimum absolute atomic E-state index is 0.0315. The lowest BCUT2D eigenvalue weighted by atomic mass is 9.67. The van der Waals surface area contributed by atoms with E-state index in [-0.39, 0.29) is 26.4 Å². The van der Waals surface area contributed by atoms with Gasteiger partial charge in [0.15, 0.2) is 0 Å². The van der Waals surface area contributed by atoms with Crippen LogP contribution in [0.2, 0.25) is 0 Å². The molecule has 0 aliphatic heterocycles. The average Bonchev–Trinajstić information content (AvgIpc) is 3.84. The summed E-state index contributed by atoms with van der Waals surface area (Å²) in [5.74, 6) is 1.44. The Labute approximate surface area is 259 Å². The molecule has 4 nitrogen and oxygen atoms in total. The molecule has 0 fully saturated rings. The van der Waals surface area contributed by atoms with Crippen LogP contribution in [0.1, 0.15) is 22.3 Å². The Hall–Kier alpha value is -4.20. The maximum Gasteiger partial charge on any atom is 0.119 e. The summed E-state index contributed by atoms with van der Waals surface area (Å²) in [5.41, 5.74) is 8.97. The van der Waals surface area contributed by atoms with Gasteiger partial charge in [0.05, 0.1) is 18.6 Å². The first-order chi connectivity index (χ1) is 21.2. The van der Waals surface area contributed by atoms with Crippen LogP contribution in [0.4, 0.5) is 0 Å².